The number of amides is 1. The van der Waals surface area contributed by atoms with Crippen molar-refractivity contribution < 1.29 is 13.9 Å². The summed E-state index contributed by atoms with van der Waals surface area (Å²) < 4.78 is 10.8. The van der Waals surface area contributed by atoms with E-state index in [0.29, 0.717) is 23.2 Å². The Kier molecular flexibility index (Phi) is 5.31. The number of hydrogen-bond donors (Lipinski definition) is 1. The molecule has 6 heteroatoms. The summed E-state index contributed by atoms with van der Waals surface area (Å²) in [4.78, 5) is 27.6. The molecule has 2 aromatic carbocycles. The largest absolute Gasteiger partial charge is 0.449 e. The van der Waals surface area contributed by atoms with Gasteiger partial charge in [-0.2, -0.15) is 4.98 Å². The molecule has 1 aromatic heterocycles. The van der Waals surface area contributed by atoms with Gasteiger partial charge in [0.1, 0.15) is 0 Å². The molecule has 0 saturated heterocycles. The monoisotopic (exact) mass is 352 g/mol. The Bertz CT molecular complexity index is 966. The number of fused-ring (bicyclic) bond motifs is 1. The summed E-state index contributed by atoms with van der Waals surface area (Å²) in [6.45, 7) is 3.85. The van der Waals surface area contributed by atoms with Gasteiger partial charge in [-0.15, -0.1) is 0 Å². The van der Waals surface area contributed by atoms with Gasteiger partial charge < -0.3 is 14.5 Å². The third-order valence-electron chi connectivity index (χ3n) is 4.10. The van der Waals surface area contributed by atoms with Crippen molar-refractivity contribution in [3.63, 3.8) is 0 Å². The topological polar surface area (TPSA) is 81.4 Å². The standard InChI is InChI=1S/C20H20N2O4/c1-3-14(15-7-5-4-6-8-15)12-25-20-22-18-11-16(21-13(2)23)9-10-17(18)19(24)26-20/h4-11,14H,3,12H2,1-2H3,(H,21,23). The molecule has 0 radical (unpaired) electrons. The van der Waals surface area contributed by atoms with E-state index in [-0.39, 0.29) is 17.9 Å². The van der Waals surface area contributed by atoms with E-state index >= 15 is 0 Å². The molecule has 1 unspecified atom stereocenters. The lowest BCUT2D eigenvalue weighted by Gasteiger charge is -2.15. The molecular formula is C20H20N2O4. The second-order valence-electron chi connectivity index (χ2n) is 6.01. The molecule has 0 spiro atoms. The van der Waals surface area contributed by atoms with Gasteiger partial charge in [0.25, 0.3) is 0 Å². The first-order chi connectivity index (χ1) is 12.6. The number of hydrogen-bond acceptors (Lipinski definition) is 5. The molecule has 0 bridgehead atoms. The second-order valence-corrected chi connectivity index (χ2v) is 6.01. The van der Waals surface area contributed by atoms with E-state index < -0.39 is 5.63 Å². The van der Waals surface area contributed by atoms with Gasteiger partial charge in [0, 0.05) is 18.5 Å². The van der Waals surface area contributed by atoms with Crippen molar-refractivity contribution in [1.29, 1.82) is 0 Å². The maximum absolute atomic E-state index is 12.1. The Hall–Kier alpha value is -3.15. The summed E-state index contributed by atoms with van der Waals surface area (Å²) in [6.07, 6.45) is 0.811. The van der Waals surface area contributed by atoms with Crippen LogP contribution >= 0.6 is 0 Å². The van der Waals surface area contributed by atoms with Crippen molar-refractivity contribution in [2.75, 3.05) is 11.9 Å². The highest BCUT2D eigenvalue weighted by Gasteiger charge is 2.13. The molecule has 0 aliphatic rings. The van der Waals surface area contributed by atoms with Crippen LogP contribution in [0.25, 0.3) is 10.9 Å². The van der Waals surface area contributed by atoms with Gasteiger partial charge in [0.15, 0.2) is 0 Å². The van der Waals surface area contributed by atoms with E-state index in [4.69, 9.17) is 9.15 Å². The molecule has 1 N–H and O–H groups in total. The van der Waals surface area contributed by atoms with Crippen molar-refractivity contribution in [1.82, 2.24) is 4.98 Å². The SMILES string of the molecule is CCC(COc1nc2cc(NC(C)=O)ccc2c(=O)o1)c1ccccc1. The van der Waals surface area contributed by atoms with E-state index in [1.165, 1.54) is 6.92 Å². The normalized spacial score (nSPS) is 11.9. The average molecular weight is 352 g/mol. The lowest BCUT2D eigenvalue weighted by atomic mass is 9.98. The van der Waals surface area contributed by atoms with Crippen LogP contribution in [0, 0.1) is 0 Å². The quantitative estimate of drug-likeness (QED) is 0.731. The van der Waals surface area contributed by atoms with Gasteiger partial charge in [0.05, 0.1) is 17.5 Å². The Balaban J connectivity index is 1.83. The summed E-state index contributed by atoms with van der Waals surface area (Å²) in [6, 6.07) is 14.8. The third-order valence-corrected chi connectivity index (χ3v) is 4.10. The van der Waals surface area contributed by atoms with Crippen molar-refractivity contribution in [3.05, 3.63) is 64.5 Å². The number of carbonyl (C=O) groups is 1. The molecule has 3 aromatic rings. The number of aromatic nitrogens is 1. The van der Waals surface area contributed by atoms with E-state index in [1.54, 1.807) is 18.2 Å². The van der Waals surface area contributed by atoms with Crippen LogP contribution in [0.3, 0.4) is 0 Å². The maximum atomic E-state index is 12.1. The van der Waals surface area contributed by atoms with Crippen LogP contribution in [-0.4, -0.2) is 17.5 Å². The molecule has 1 amide bonds. The van der Waals surface area contributed by atoms with Gasteiger partial charge in [0.2, 0.25) is 5.91 Å². The molecule has 1 atom stereocenters. The van der Waals surface area contributed by atoms with Crippen LogP contribution in [0.5, 0.6) is 6.08 Å². The first-order valence-electron chi connectivity index (χ1n) is 8.47. The van der Waals surface area contributed by atoms with Crippen molar-refractivity contribution >= 4 is 22.5 Å². The molecule has 1 heterocycles. The van der Waals surface area contributed by atoms with Crippen LogP contribution in [0.4, 0.5) is 5.69 Å². The number of nitrogens with zero attached hydrogens (tertiary/aromatic N) is 1. The number of rotatable bonds is 6. The highest BCUT2D eigenvalue weighted by Crippen LogP contribution is 2.22. The molecule has 3 rings (SSSR count). The molecule has 0 fully saturated rings. The minimum Gasteiger partial charge on any atom is -0.449 e. The number of benzene rings is 2. The van der Waals surface area contributed by atoms with Gasteiger partial charge in [-0.1, -0.05) is 37.3 Å². The fourth-order valence-corrected chi connectivity index (χ4v) is 2.74. The Morgan fingerprint density at radius 3 is 2.69 bits per heavy atom. The minimum atomic E-state index is -0.521. The number of nitrogens with one attached hydrogen (secondary N) is 1. The summed E-state index contributed by atoms with van der Waals surface area (Å²) in [7, 11) is 0. The van der Waals surface area contributed by atoms with Crippen molar-refractivity contribution in [3.8, 4) is 6.08 Å². The first kappa shape index (κ1) is 17.7. The van der Waals surface area contributed by atoms with Crippen molar-refractivity contribution in [2.24, 2.45) is 0 Å². The zero-order valence-electron chi connectivity index (χ0n) is 14.7. The zero-order chi connectivity index (χ0) is 18.5. The van der Waals surface area contributed by atoms with Gasteiger partial charge in [-0.25, -0.2) is 4.79 Å². The predicted molar refractivity (Wildman–Crippen MR) is 99.6 cm³/mol. The van der Waals surface area contributed by atoms with Crippen LogP contribution in [-0.2, 0) is 4.79 Å². The number of anilines is 1. The van der Waals surface area contributed by atoms with Crippen LogP contribution in [0.2, 0.25) is 0 Å². The summed E-state index contributed by atoms with van der Waals surface area (Å²) in [5.41, 5.74) is 1.61. The maximum Gasteiger partial charge on any atom is 0.397 e. The lowest BCUT2D eigenvalue weighted by molar-refractivity contribution is -0.114. The van der Waals surface area contributed by atoms with E-state index in [2.05, 4.69) is 17.2 Å². The fourth-order valence-electron chi connectivity index (χ4n) is 2.74. The molecule has 0 aliphatic heterocycles. The summed E-state index contributed by atoms with van der Waals surface area (Å²) >= 11 is 0. The van der Waals surface area contributed by atoms with Gasteiger partial charge in [-0.05, 0) is 30.2 Å². The summed E-state index contributed by atoms with van der Waals surface area (Å²) in [5.74, 6) is -0.0258. The molecular weight excluding hydrogens is 332 g/mol. The molecule has 6 nitrogen and oxygen atoms in total. The molecule has 26 heavy (non-hydrogen) atoms. The highest BCUT2D eigenvalue weighted by atomic mass is 16.6. The Labute approximate surface area is 150 Å². The molecule has 0 aliphatic carbocycles. The van der Waals surface area contributed by atoms with Crippen LogP contribution in [0.15, 0.2) is 57.7 Å². The zero-order valence-corrected chi connectivity index (χ0v) is 14.7. The molecule has 0 saturated carbocycles. The second kappa shape index (κ2) is 7.82. The Morgan fingerprint density at radius 1 is 1.23 bits per heavy atom. The molecule has 134 valence electrons. The van der Waals surface area contributed by atoms with Crippen LogP contribution < -0.4 is 15.7 Å². The number of carbonyl (C=O) groups excluding carboxylic acids is 1. The lowest BCUT2D eigenvalue weighted by Crippen LogP contribution is -2.12. The van der Waals surface area contributed by atoms with E-state index in [0.717, 1.165) is 12.0 Å². The number of ether oxygens (including phenoxy) is 1. The minimum absolute atomic E-state index is 0.0724. The van der Waals surface area contributed by atoms with Crippen LogP contribution in [0.1, 0.15) is 31.7 Å². The van der Waals surface area contributed by atoms with Gasteiger partial charge in [-0.3, -0.25) is 4.79 Å². The first-order valence-corrected chi connectivity index (χ1v) is 8.47. The predicted octanol–water partition coefficient (Wildman–Crippen LogP) is 3.72. The highest BCUT2D eigenvalue weighted by molar-refractivity contribution is 5.91. The fraction of sp³-hybridized carbons (Fsp3) is 0.250. The average Bonchev–Trinajstić information content (AvgIpc) is 2.62. The summed E-state index contributed by atoms with van der Waals surface area (Å²) in [5, 5.41) is 3.00. The van der Waals surface area contributed by atoms with E-state index in [9.17, 15) is 9.59 Å². The third kappa shape index (κ3) is 4.08. The van der Waals surface area contributed by atoms with Crippen molar-refractivity contribution in [2.45, 2.75) is 26.2 Å². The Morgan fingerprint density at radius 2 is 2.00 bits per heavy atom. The van der Waals surface area contributed by atoms with E-state index in [1.807, 2.05) is 30.3 Å². The van der Waals surface area contributed by atoms with Gasteiger partial charge >= 0.3 is 11.7 Å². The smallest absolute Gasteiger partial charge is 0.397 e.